The lowest BCUT2D eigenvalue weighted by Crippen LogP contribution is -2.10. The molecule has 0 aromatic heterocycles. The average molecular weight is 398 g/mol. The van der Waals surface area contributed by atoms with Crippen LogP contribution < -0.4 is 23.7 Å². The van der Waals surface area contributed by atoms with Crippen LogP contribution in [-0.4, -0.2) is 40.7 Å². The number of methoxy groups -OCH3 is 3. The molecule has 152 valence electrons. The predicted octanol–water partition coefficient (Wildman–Crippen LogP) is 3.41. The van der Waals surface area contributed by atoms with E-state index in [1.165, 1.54) is 21.3 Å². The molecule has 1 aliphatic rings. The van der Waals surface area contributed by atoms with Crippen molar-refractivity contribution in [2.24, 2.45) is 0 Å². The van der Waals surface area contributed by atoms with Gasteiger partial charge in [-0.05, 0) is 24.6 Å². The van der Waals surface area contributed by atoms with E-state index < -0.39 is 5.97 Å². The van der Waals surface area contributed by atoms with Gasteiger partial charge in [0.1, 0.15) is 0 Å². The zero-order valence-electron chi connectivity index (χ0n) is 16.8. The molecule has 7 heteroatoms. The Morgan fingerprint density at radius 1 is 1.00 bits per heavy atom. The molecule has 2 aromatic carbocycles. The number of carbonyl (C=O) groups is 1. The van der Waals surface area contributed by atoms with Crippen molar-refractivity contribution in [3.63, 3.8) is 0 Å². The number of ether oxygens (including phenoxy) is 6. The van der Waals surface area contributed by atoms with Gasteiger partial charge in [-0.25, -0.2) is 4.79 Å². The predicted molar refractivity (Wildman–Crippen MR) is 105 cm³/mol. The van der Waals surface area contributed by atoms with Crippen molar-refractivity contribution in [3.8, 4) is 40.6 Å². The molecule has 1 aliphatic heterocycles. The molecular formula is C22H22O7. The zero-order valence-corrected chi connectivity index (χ0v) is 16.8. The highest BCUT2D eigenvalue weighted by Gasteiger charge is 2.24. The Morgan fingerprint density at radius 3 is 2.45 bits per heavy atom. The van der Waals surface area contributed by atoms with Crippen LogP contribution in [0.4, 0.5) is 0 Å². The standard InChI is InChI=1S/C22H22O7/c1-5-10-27-22(23)16-12-19(24-2)21(26-4)20(25-3)15(16)8-6-14-7-9-17-18(11-14)29-13-28-17/h7,9,11-12H,5,10,13H2,1-4H3. The maximum atomic E-state index is 12.6. The Kier molecular flexibility index (Phi) is 6.35. The molecule has 3 rings (SSSR count). The maximum Gasteiger partial charge on any atom is 0.339 e. The first-order chi connectivity index (χ1) is 14.1. The summed E-state index contributed by atoms with van der Waals surface area (Å²) in [5.74, 6) is 7.82. The van der Waals surface area contributed by atoms with Gasteiger partial charge in [0.05, 0.1) is 39.1 Å². The number of fused-ring (bicyclic) bond motifs is 1. The van der Waals surface area contributed by atoms with E-state index in [0.29, 0.717) is 52.9 Å². The zero-order chi connectivity index (χ0) is 20.8. The molecule has 0 radical (unpaired) electrons. The fourth-order valence-electron chi connectivity index (χ4n) is 2.82. The van der Waals surface area contributed by atoms with Gasteiger partial charge in [0.25, 0.3) is 0 Å². The summed E-state index contributed by atoms with van der Waals surface area (Å²) < 4.78 is 32.3. The van der Waals surface area contributed by atoms with E-state index >= 15 is 0 Å². The first kappa shape index (κ1) is 20.2. The van der Waals surface area contributed by atoms with Crippen LogP contribution in [0.2, 0.25) is 0 Å². The van der Waals surface area contributed by atoms with Gasteiger partial charge >= 0.3 is 5.97 Å². The summed E-state index contributed by atoms with van der Waals surface area (Å²) in [6.07, 6.45) is 0.703. The van der Waals surface area contributed by atoms with Gasteiger partial charge in [0.15, 0.2) is 23.0 Å². The van der Waals surface area contributed by atoms with E-state index in [0.717, 1.165) is 0 Å². The summed E-state index contributed by atoms with van der Waals surface area (Å²) in [6, 6.07) is 6.91. The molecule has 0 saturated carbocycles. The Bertz CT molecular complexity index is 969. The smallest absolute Gasteiger partial charge is 0.339 e. The summed E-state index contributed by atoms with van der Waals surface area (Å²) in [5, 5.41) is 0. The van der Waals surface area contributed by atoms with Gasteiger partial charge in [-0.2, -0.15) is 0 Å². The topological polar surface area (TPSA) is 72.5 Å². The monoisotopic (exact) mass is 398 g/mol. The van der Waals surface area contributed by atoms with Crippen molar-refractivity contribution >= 4 is 5.97 Å². The second kappa shape index (κ2) is 9.11. The summed E-state index contributed by atoms with van der Waals surface area (Å²) in [6.45, 7) is 2.40. The highest BCUT2D eigenvalue weighted by atomic mass is 16.7. The third-order valence-electron chi connectivity index (χ3n) is 4.19. The number of rotatable bonds is 6. The first-order valence-electron chi connectivity index (χ1n) is 9.04. The van der Waals surface area contributed by atoms with Gasteiger partial charge in [0, 0.05) is 11.6 Å². The van der Waals surface area contributed by atoms with E-state index in [1.807, 2.05) is 13.0 Å². The van der Waals surface area contributed by atoms with Crippen molar-refractivity contribution in [3.05, 3.63) is 41.0 Å². The third-order valence-corrected chi connectivity index (χ3v) is 4.19. The highest BCUT2D eigenvalue weighted by molar-refractivity contribution is 5.95. The largest absolute Gasteiger partial charge is 0.493 e. The molecule has 0 N–H and O–H groups in total. The van der Waals surface area contributed by atoms with Gasteiger partial charge in [-0.1, -0.05) is 18.8 Å². The lowest BCUT2D eigenvalue weighted by Gasteiger charge is -2.16. The lowest BCUT2D eigenvalue weighted by molar-refractivity contribution is 0.0504. The molecule has 0 bridgehead atoms. The second-order valence-electron chi connectivity index (χ2n) is 6.02. The van der Waals surface area contributed by atoms with E-state index in [2.05, 4.69) is 11.8 Å². The van der Waals surface area contributed by atoms with Crippen molar-refractivity contribution in [1.82, 2.24) is 0 Å². The SMILES string of the molecule is CCCOC(=O)c1cc(OC)c(OC)c(OC)c1C#Cc1ccc2c(c1)OCO2. The molecule has 29 heavy (non-hydrogen) atoms. The Labute approximate surface area is 169 Å². The Morgan fingerprint density at radius 2 is 1.76 bits per heavy atom. The number of hydrogen-bond acceptors (Lipinski definition) is 7. The van der Waals surface area contributed by atoms with Gasteiger partial charge in [-0.15, -0.1) is 0 Å². The van der Waals surface area contributed by atoms with Crippen molar-refractivity contribution in [2.75, 3.05) is 34.7 Å². The first-order valence-corrected chi connectivity index (χ1v) is 9.04. The second-order valence-corrected chi connectivity index (χ2v) is 6.02. The van der Waals surface area contributed by atoms with Crippen molar-refractivity contribution < 1.29 is 33.2 Å². The molecule has 0 saturated heterocycles. The molecule has 7 nitrogen and oxygen atoms in total. The number of esters is 1. The van der Waals surface area contributed by atoms with Crippen LogP contribution in [0.15, 0.2) is 24.3 Å². The lowest BCUT2D eigenvalue weighted by atomic mass is 10.0. The minimum atomic E-state index is -0.513. The average Bonchev–Trinajstić information content (AvgIpc) is 3.22. The fraction of sp³-hybridized carbons (Fsp3) is 0.318. The van der Waals surface area contributed by atoms with Crippen molar-refractivity contribution in [2.45, 2.75) is 13.3 Å². The summed E-state index contributed by atoms with van der Waals surface area (Å²) in [7, 11) is 4.45. The van der Waals surface area contributed by atoms with Crippen LogP contribution in [0.5, 0.6) is 28.7 Å². The molecule has 0 aliphatic carbocycles. The Balaban J connectivity index is 2.11. The van der Waals surface area contributed by atoms with E-state index in [-0.39, 0.29) is 12.4 Å². The minimum Gasteiger partial charge on any atom is -0.493 e. The quantitative estimate of drug-likeness (QED) is 0.545. The van der Waals surface area contributed by atoms with Crippen LogP contribution in [0.25, 0.3) is 0 Å². The molecule has 1 heterocycles. The Hall–Kier alpha value is -3.53. The number of carbonyl (C=O) groups excluding carboxylic acids is 1. The minimum absolute atomic E-state index is 0.184. The van der Waals surface area contributed by atoms with Crippen LogP contribution in [0, 0.1) is 11.8 Å². The summed E-state index contributed by atoms with van der Waals surface area (Å²) >= 11 is 0. The van der Waals surface area contributed by atoms with Crippen LogP contribution in [0.3, 0.4) is 0 Å². The van der Waals surface area contributed by atoms with Crippen LogP contribution >= 0.6 is 0 Å². The normalized spacial score (nSPS) is 11.3. The summed E-state index contributed by atoms with van der Waals surface area (Å²) in [5.41, 5.74) is 1.28. The van der Waals surface area contributed by atoms with Gasteiger partial charge < -0.3 is 28.4 Å². The number of hydrogen-bond donors (Lipinski definition) is 0. The van der Waals surface area contributed by atoms with Crippen LogP contribution in [0.1, 0.15) is 34.8 Å². The molecule has 2 aromatic rings. The van der Waals surface area contributed by atoms with Crippen molar-refractivity contribution in [1.29, 1.82) is 0 Å². The van der Waals surface area contributed by atoms with Crippen LogP contribution in [-0.2, 0) is 4.74 Å². The molecule has 0 spiro atoms. The fourth-order valence-corrected chi connectivity index (χ4v) is 2.82. The molecule has 0 atom stereocenters. The number of benzene rings is 2. The molecule has 0 unspecified atom stereocenters. The van der Waals surface area contributed by atoms with E-state index in [9.17, 15) is 4.79 Å². The molecule has 0 fully saturated rings. The molecular weight excluding hydrogens is 376 g/mol. The highest BCUT2D eigenvalue weighted by Crippen LogP contribution is 2.42. The van der Waals surface area contributed by atoms with Gasteiger partial charge in [0.2, 0.25) is 12.5 Å². The molecule has 0 amide bonds. The van der Waals surface area contributed by atoms with E-state index in [4.69, 9.17) is 28.4 Å². The maximum absolute atomic E-state index is 12.6. The van der Waals surface area contributed by atoms with E-state index in [1.54, 1.807) is 18.2 Å². The van der Waals surface area contributed by atoms with Gasteiger partial charge in [-0.3, -0.25) is 0 Å². The third kappa shape index (κ3) is 4.16. The summed E-state index contributed by atoms with van der Waals surface area (Å²) in [4.78, 5) is 12.6.